The second-order valence-corrected chi connectivity index (χ2v) is 6.88. The van der Waals surface area contributed by atoms with E-state index in [4.69, 9.17) is 14.5 Å². The third-order valence-corrected chi connectivity index (χ3v) is 4.94. The van der Waals surface area contributed by atoms with E-state index in [1.165, 1.54) is 0 Å². The van der Waals surface area contributed by atoms with Gasteiger partial charge in [0, 0.05) is 6.42 Å². The first kappa shape index (κ1) is 19.5. The summed E-state index contributed by atoms with van der Waals surface area (Å²) in [7, 11) is 3.23. The largest absolute Gasteiger partial charge is 0.497 e. The van der Waals surface area contributed by atoms with Crippen molar-refractivity contribution in [2.75, 3.05) is 19.5 Å². The molecule has 0 unspecified atom stereocenters. The highest BCUT2D eigenvalue weighted by atomic mass is 16.5. The van der Waals surface area contributed by atoms with Gasteiger partial charge >= 0.3 is 0 Å². The van der Waals surface area contributed by atoms with Gasteiger partial charge in [-0.15, -0.1) is 0 Å². The smallest absolute Gasteiger partial charge is 0.244 e. The van der Waals surface area contributed by atoms with Gasteiger partial charge in [0.05, 0.1) is 30.9 Å². The Kier molecular flexibility index (Phi) is 5.66. The van der Waals surface area contributed by atoms with Gasteiger partial charge in [0.25, 0.3) is 0 Å². The molecule has 6 heteroatoms. The normalized spacial score (nSPS) is 10.7. The number of aromatic nitrogens is 2. The minimum Gasteiger partial charge on any atom is -0.497 e. The molecule has 1 heterocycles. The van der Waals surface area contributed by atoms with Gasteiger partial charge in [-0.05, 0) is 42.0 Å². The van der Waals surface area contributed by atoms with Gasteiger partial charge in [-0.25, -0.2) is 4.98 Å². The van der Waals surface area contributed by atoms with Crippen LogP contribution in [0.1, 0.15) is 11.4 Å². The minimum absolute atomic E-state index is 0.140. The molecule has 0 atom stereocenters. The first-order valence-electron chi connectivity index (χ1n) is 9.68. The van der Waals surface area contributed by atoms with Crippen LogP contribution >= 0.6 is 0 Å². The van der Waals surface area contributed by atoms with Crippen molar-refractivity contribution in [3.63, 3.8) is 0 Å². The molecule has 3 aromatic carbocycles. The Morgan fingerprint density at radius 3 is 2.43 bits per heavy atom. The van der Waals surface area contributed by atoms with Crippen molar-refractivity contribution in [2.24, 2.45) is 0 Å². The van der Waals surface area contributed by atoms with Gasteiger partial charge in [-0.1, -0.05) is 36.4 Å². The van der Waals surface area contributed by atoms with Crippen LogP contribution in [-0.4, -0.2) is 29.7 Å². The maximum Gasteiger partial charge on any atom is 0.244 e. The number of ether oxygens (including phenoxy) is 2. The minimum atomic E-state index is -0.140. The number of benzene rings is 3. The first-order chi connectivity index (χ1) is 14.7. The van der Waals surface area contributed by atoms with Gasteiger partial charge in [0.15, 0.2) is 0 Å². The zero-order chi connectivity index (χ0) is 20.9. The molecule has 0 aliphatic carbocycles. The molecule has 6 nitrogen and oxygen atoms in total. The van der Waals surface area contributed by atoms with E-state index in [0.29, 0.717) is 17.9 Å². The van der Waals surface area contributed by atoms with E-state index in [-0.39, 0.29) is 12.5 Å². The summed E-state index contributed by atoms with van der Waals surface area (Å²) in [5.41, 5.74) is 3.53. The van der Waals surface area contributed by atoms with Crippen LogP contribution in [0.25, 0.3) is 11.0 Å². The van der Waals surface area contributed by atoms with Crippen LogP contribution in [0.15, 0.2) is 72.8 Å². The molecule has 4 rings (SSSR count). The van der Waals surface area contributed by atoms with Gasteiger partial charge < -0.3 is 19.4 Å². The molecule has 152 valence electrons. The lowest BCUT2D eigenvalue weighted by molar-refractivity contribution is -0.116. The number of fused-ring (bicyclic) bond motifs is 1. The summed E-state index contributed by atoms with van der Waals surface area (Å²) in [6.45, 7) is 0.157. The molecule has 0 saturated heterocycles. The van der Waals surface area contributed by atoms with E-state index in [2.05, 4.69) is 5.32 Å². The highest BCUT2D eigenvalue weighted by molar-refractivity contribution is 5.93. The van der Waals surface area contributed by atoms with E-state index in [0.717, 1.165) is 28.2 Å². The standard InChI is InChI=1S/C24H23N3O3/c1-29-18-13-11-17(12-14-18)15-23-25-19-7-3-5-9-21(19)27(23)16-24(28)26-20-8-4-6-10-22(20)30-2/h3-14H,15-16H2,1-2H3,(H,26,28). The number of methoxy groups -OCH3 is 2. The Morgan fingerprint density at radius 2 is 1.67 bits per heavy atom. The summed E-state index contributed by atoms with van der Waals surface area (Å²) in [5, 5.41) is 2.94. The number of carbonyl (C=O) groups is 1. The van der Waals surface area contributed by atoms with E-state index < -0.39 is 0 Å². The van der Waals surface area contributed by atoms with Crippen LogP contribution in [0.2, 0.25) is 0 Å². The van der Waals surface area contributed by atoms with Crippen LogP contribution in [0.5, 0.6) is 11.5 Å². The van der Waals surface area contributed by atoms with Crippen LogP contribution < -0.4 is 14.8 Å². The highest BCUT2D eigenvalue weighted by Crippen LogP contribution is 2.24. The molecule has 0 aliphatic rings. The molecule has 1 N–H and O–H groups in total. The second kappa shape index (κ2) is 8.69. The number of rotatable bonds is 7. The van der Waals surface area contributed by atoms with Crippen LogP contribution in [0.3, 0.4) is 0 Å². The Hall–Kier alpha value is -3.80. The van der Waals surface area contributed by atoms with Gasteiger partial charge in [0.1, 0.15) is 23.9 Å². The monoisotopic (exact) mass is 401 g/mol. The van der Waals surface area contributed by atoms with Crippen molar-refractivity contribution in [3.05, 3.63) is 84.2 Å². The number of para-hydroxylation sites is 4. The molecule has 0 radical (unpaired) electrons. The van der Waals surface area contributed by atoms with Gasteiger partial charge in [-0.2, -0.15) is 0 Å². The predicted molar refractivity (Wildman–Crippen MR) is 117 cm³/mol. The highest BCUT2D eigenvalue weighted by Gasteiger charge is 2.15. The summed E-state index contributed by atoms with van der Waals surface area (Å²) in [5.74, 6) is 2.12. The maximum absolute atomic E-state index is 12.8. The molecular weight excluding hydrogens is 378 g/mol. The Labute approximate surface area is 175 Å². The van der Waals surface area contributed by atoms with E-state index in [1.54, 1.807) is 14.2 Å². The average Bonchev–Trinajstić information content (AvgIpc) is 3.11. The zero-order valence-electron chi connectivity index (χ0n) is 17.0. The number of amides is 1. The average molecular weight is 401 g/mol. The van der Waals surface area contributed by atoms with Crippen molar-refractivity contribution in [1.29, 1.82) is 0 Å². The summed E-state index contributed by atoms with van der Waals surface area (Å²) in [6.07, 6.45) is 0.612. The Morgan fingerprint density at radius 1 is 0.933 bits per heavy atom. The SMILES string of the molecule is COc1ccc(Cc2nc3ccccc3n2CC(=O)Nc2ccccc2OC)cc1. The summed E-state index contributed by atoms with van der Waals surface area (Å²) in [4.78, 5) is 17.6. The van der Waals surface area contributed by atoms with Crippen LogP contribution in [0, 0.1) is 0 Å². The molecule has 0 spiro atoms. The van der Waals surface area contributed by atoms with Crippen molar-refractivity contribution in [3.8, 4) is 11.5 Å². The van der Waals surface area contributed by atoms with Crippen LogP contribution in [0.4, 0.5) is 5.69 Å². The van der Waals surface area contributed by atoms with E-state index >= 15 is 0 Å². The number of hydrogen-bond acceptors (Lipinski definition) is 4. The molecule has 1 amide bonds. The number of hydrogen-bond donors (Lipinski definition) is 1. The van der Waals surface area contributed by atoms with Crippen molar-refractivity contribution in [2.45, 2.75) is 13.0 Å². The molecule has 0 fully saturated rings. The van der Waals surface area contributed by atoms with Crippen LogP contribution in [-0.2, 0) is 17.8 Å². The molecule has 0 aliphatic heterocycles. The van der Waals surface area contributed by atoms with E-state index in [1.807, 2.05) is 77.4 Å². The summed E-state index contributed by atoms with van der Waals surface area (Å²) in [6, 6.07) is 23.1. The quantitative estimate of drug-likeness (QED) is 0.502. The Balaban J connectivity index is 1.61. The molecule has 0 saturated carbocycles. The number of anilines is 1. The predicted octanol–water partition coefficient (Wildman–Crippen LogP) is 4.28. The summed E-state index contributed by atoms with van der Waals surface area (Å²) < 4.78 is 12.5. The third kappa shape index (κ3) is 4.12. The number of nitrogens with zero attached hydrogens (tertiary/aromatic N) is 2. The van der Waals surface area contributed by atoms with E-state index in [9.17, 15) is 4.79 Å². The number of imidazole rings is 1. The summed E-state index contributed by atoms with van der Waals surface area (Å²) >= 11 is 0. The van der Waals surface area contributed by atoms with Gasteiger partial charge in [0.2, 0.25) is 5.91 Å². The molecule has 30 heavy (non-hydrogen) atoms. The lowest BCUT2D eigenvalue weighted by Crippen LogP contribution is -2.20. The number of carbonyl (C=O) groups excluding carboxylic acids is 1. The Bertz CT molecular complexity index is 1170. The third-order valence-electron chi connectivity index (χ3n) is 4.94. The first-order valence-corrected chi connectivity index (χ1v) is 9.68. The number of nitrogens with one attached hydrogen (secondary N) is 1. The van der Waals surface area contributed by atoms with Crippen molar-refractivity contribution in [1.82, 2.24) is 9.55 Å². The zero-order valence-corrected chi connectivity index (χ0v) is 17.0. The van der Waals surface area contributed by atoms with Gasteiger partial charge in [-0.3, -0.25) is 4.79 Å². The fraction of sp³-hybridized carbons (Fsp3) is 0.167. The van der Waals surface area contributed by atoms with Crippen molar-refractivity contribution < 1.29 is 14.3 Å². The topological polar surface area (TPSA) is 65.4 Å². The molecule has 0 bridgehead atoms. The second-order valence-electron chi connectivity index (χ2n) is 6.88. The fourth-order valence-corrected chi connectivity index (χ4v) is 3.44. The molecule has 4 aromatic rings. The van der Waals surface area contributed by atoms with Crippen molar-refractivity contribution >= 4 is 22.6 Å². The fourth-order valence-electron chi connectivity index (χ4n) is 3.44. The lowest BCUT2D eigenvalue weighted by atomic mass is 10.1. The molecular formula is C24H23N3O3. The maximum atomic E-state index is 12.8. The lowest BCUT2D eigenvalue weighted by Gasteiger charge is -2.12. The molecule has 1 aromatic heterocycles.